The van der Waals surface area contributed by atoms with Gasteiger partial charge in [-0.15, -0.1) is 0 Å². The second kappa shape index (κ2) is 5.63. The molecule has 2 heterocycles. The highest BCUT2D eigenvalue weighted by Gasteiger charge is 2.33. The van der Waals surface area contributed by atoms with Gasteiger partial charge in [0.15, 0.2) is 5.78 Å². The van der Waals surface area contributed by atoms with Crippen LogP contribution in [0.3, 0.4) is 0 Å². The molecule has 0 saturated carbocycles. The summed E-state index contributed by atoms with van der Waals surface area (Å²) in [7, 11) is 0. The molecule has 0 radical (unpaired) electrons. The zero-order valence-electron chi connectivity index (χ0n) is 12.8. The lowest BCUT2D eigenvalue weighted by Gasteiger charge is -2.29. The number of rotatable bonds is 4. The highest BCUT2D eigenvalue weighted by atomic mass is 16.5. The minimum absolute atomic E-state index is 0.00227. The second-order valence-electron chi connectivity index (χ2n) is 5.12. The van der Waals surface area contributed by atoms with Crippen molar-refractivity contribution in [2.45, 2.75) is 26.8 Å². The molecular weight excluding hydrogens is 280 g/mol. The number of hydrogen-bond donors (Lipinski definition) is 1. The molecule has 0 spiro atoms. The Labute approximate surface area is 128 Å². The van der Waals surface area contributed by atoms with E-state index in [0.717, 1.165) is 17.0 Å². The van der Waals surface area contributed by atoms with Crippen molar-refractivity contribution in [3.8, 4) is 5.75 Å². The summed E-state index contributed by atoms with van der Waals surface area (Å²) in [4.78, 5) is 16.4. The first-order valence-electron chi connectivity index (χ1n) is 7.23. The SMILES string of the molecule is CCOc1ccccc1C1C(C(C)=O)=C(C)Nc2ncnn21. The van der Waals surface area contributed by atoms with E-state index in [2.05, 4.69) is 15.4 Å². The predicted octanol–water partition coefficient (Wildman–Crippen LogP) is 2.55. The molecule has 3 rings (SSSR count). The number of aromatic nitrogens is 3. The Morgan fingerprint density at radius 1 is 1.41 bits per heavy atom. The van der Waals surface area contributed by atoms with Gasteiger partial charge in [0.25, 0.3) is 0 Å². The molecule has 0 aliphatic carbocycles. The molecule has 1 unspecified atom stereocenters. The maximum Gasteiger partial charge on any atom is 0.226 e. The van der Waals surface area contributed by atoms with Crippen LogP contribution in [0.25, 0.3) is 0 Å². The molecule has 1 aliphatic heterocycles. The quantitative estimate of drug-likeness (QED) is 0.939. The lowest BCUT2D eigenvalue weighted by molar-refractivity contribution is -0.114. The summed E-state index contributed by atoms with van der Waals surface area (Å²) < 4.78 is 7.45. The van der Waals surface area contributed by atoms with E-state index in [1.54, 1.807) is 11.6 Å². The van der Waals surface area contributed by atoms with Crippen molar-refractivity contribution in [3.63, 3.8) is 0 Å². The molecule has 22 heavy (non-hydrogen) atoms. The molecule has 6 heteroatoms. The van der Waals surface area contributed by atoms with Crippen molar-refractivity contribution in [2.24, 2.45) is 0 Å². The predicted molar refractivity (Wildman–Crippen MR) is 82.8 cm³/mol. The standard InChI is InChI=1S/C16H18N4O2/c1-4-22-13-8-6-5-7-12(13)15-14(11(3)21)10(2)19-16-17-9-18-20(15)16/h5-9,15H,4H2,1-3H3,(H,17,18,19). The Hall–Kier alpha value is -2.63. The van der Waals surface area contributed by atoms with E-state index in [9.17, 15) is 4.79 Å². The van der Waals surface area contributed by atoms with Crippen LogP contribution >= 0.6 is 0 Å². The van der Waals surface area contributed by atoms with Crippen molar-refractivity contribution in [1.29, 1.82) is 0 Å². The van der Waals surface area contributed by atoms with Gasteiger partial charge in [-0.05, 0) is 26.8 Å². The summed E-state index contributed by atoms with van der Waals surface area (Å²) in [6, 6.07) is 7.39. The molecule has 2 aromatic rings. The topological polar surface area (TPSA) is 69.0 Å². The van der Waals surface area contributed by atoms with Crippen LogP contribution in [-0.2, 0) is 4.79 Å². The van der Waals surface area contributed by atoms with Crippen molar-refractivity contribution in [2.75, 3.05) is 11.9 Å². The fraction of sp³-hybridized carbons (Fsp3) is 0.312. The number of allylic oxidation sites excluding steroid dienone is 2. The smallest absolute Gasteiger partial charge is 0.226 e. The number of benzene rings is 1. The average Bonchev–Trinajstić information content (AvgIpc) is 2.94. The normalized spacial score (nSPS) is 17.0. The number of ether oxygens (including phenoxy) is 1. The number of para-hydroxylation sites is 1. The number of hydrogen-bond acceptors (Lipinski definition) is 5. The summed E-state index contributed by atoms with van der Waals surface area (Å²) in [5.74, 6) is 1.38. The molecule has 6 nitrogen and oxygen atoms in total. The highest BCUT2D eigenvalue weighted by molar-refractivity contribution is 5.96. The Kier molecular flexibility index (Phi) is 3.66. The minimum atomic E-state index is -0.334. The number of carbonyl (C=O) groups is 1. The van der Waals surface area contributed by atoms with Gasteiger partial charge in [-0.3, -0.25) is 4.79 Å². The third-order valence-corrected chi connectivity index (χ3v) is 3.69. The number of nitrogens with zero attached hydrogens (tertiary/aromatic N) is 3. The van der Waals surface area contributed by atoms with Gasteiger partial charge in [0.1, 0.15) is 18.1 Å². The van der Waals surface area contributed by atoms with E-state index in [1.165, 1.54) is 6.33 Å². The number of anilines is 1. The van der Waals surface area contributed by atoms with Crippen molar-refractivity contribution in [1.82, 2.24) is 14.8 Å². The van der Waals surface area contributed by atoms with E-state index in [-0.39, 0.29) is 11.8 Å². The van der Waals surface area contributed by atoms with Crippen LogP contribution in [0.1, 0.15) is 32.4 Å². The molecule has 0 bridgehead atoms. The molecule has 0 saturated heterocycles. The summed E-state index contributed by atoms with van der Waals surface area (Å²) in [5, 5.41) is 7.41. The number of carbonyl (C=O) groups excluding carboxylic acids is 1. The molecule has 1 aliphatic rings. The zero-order valence-corrected chi connectivity index (χ0v) is 12.8. The Bertz CT molecular complexity index is 748. The fourth-order valence-electron chi connectivity index (χ4n) is 2.83. The van der Waals surface area contributed by atoms with Crippen molar-refractivity contribution < 1.29 is 9.53 Å². The van der Waals surface area contributed by atoms with E-state index in [4.69, 9.17) is 4.74 Å². The molecule has 1 atom stereocenters. The molecule has 114 valence electrons. The van der Waals surface area contributed by atoms with Crippen LogP contribution in [0.2, 0.25) is 0 Å². The maximum absolute atomic E-state index is 12.2. The van der Waals surface area contributed by atoms with E-state index >= 15 is 0 Å². The second-order valence-corrected chi connectivity index (χ2v) is 5.12. The molecule has 1 N–H and O–H groups in total. The van der Waals surface area contributed by atoms with Gasteiger partial charge in [-0.1, -0.05) is 18.2 Å². The third-order valence-electron chi connectivity index (χ3n) is 3.69. The van der Waals surface area contributed by atoms with Gasteiger partial charge in [0.05, 0.1) is 6.61 Å². The van der Waals surface area contributed by atoms with Crippen LogP contribution in [-0.4, -0.2) is 27.2 Å². The molecular formula is C16H18N4O2. The highest BCUT2D eigenvalue weighted by Crippen LogP contribution is 2.38. The van der Waals surface area contributed by atoms with Crippen LogP contribution < -0.4 is 10.1 Å². The Morgan fingerprint density at radius 3 is 2.91 bits per heavy atom. The van der Waals surface area contributed by atoms with E-state index in [0.29, 0.717) is 18.1 Å². The van der Waals surface area contributed by atoms with Crippen LogP contribution in [0.5, 0.6) is 5.75 Å². The first-order chi connectivity index (χ1) is 10.6. The summed E-state index contributed by atoms with van der Waals surface area (Å²) >= 11 is 0. The zero-order chi connectivity index (χ0) is 15.7. The first kappa shape index (κ1) is 14.3. The largest absolute Gasteiger partial charge is 0.494 e. The van der Waals surface area contributed by atoms with Crippen LogP contribution in [0.15, 0.2) is 41.9 Å². The van der Waals surface area contributed by atoms with Gasteiger partial charge in [0, 0.05) is 16.8 Å². The van der Waals surface area contributed by atoms with Crippen LogP contribution in [0, 0.1) is 0 Å². The Morgan fingerprint density at radius 2 is 2.18 bits per heavy atom. The first-order valence-corrected chi connectivity index (χ1v) is 7.23. The summed E-state index contributed by atoms with van der Waals surface area (Å²) in [6.45, 7) is 5.95. The lowest BCUT2D eigenvalue weighted by atomic mass is 9.92. The lowest BCUT2D eigenvalue weighted by Crippen LogP contribution is -2.28. The monoisotopic (exact) mass is 298 g/mol. The van der Waals surface area contributed by atoms with Gasteiger partial charge in [-0.2, -0.15) is 10.1 Å². The minimum Gasteiger partial charge on any atom is -0.494 e. The molecule has 1 aromatic carbocycles. The van der Waals surface area contributed by atoms with Gasteiger partial charge in [0.2, 0.25) is 5.95 Å². The molecule has 1 aromatic heterocycles. The van der Waals surface area contributed by atoms with Crippen LogP contribution in [0.4, 0.5) is 5.95 Å². The third kappa shape index (κ3) is 2.26. The average molecular weight is 298 g/mol. The van der Waals surface area contributed by atoms with Crippen molar-refractivity contribution >= 4 is 11.7 Å². The fourth-order valence-corrected chi connectivity index (χ4v) is 2.83. The number of nitrogens with one attached hydrogen (secondary N) is 1. The van der Waals surface area contributed by atoms with Gasteiger partial charge >= 0.3 is 0 Å². The van der Waals surface area contributed by atoms with E-state index < -0.39 is 0 Å². The number of Topliss-reactive ketones (excluding diaryl/α,β-unsaturated/α-hetero) is 1. The van der Waals surface area contributed by atoms with Gasteiger partial charge in [-0.25, -0.2) is 4.68 Å². The summed E-state index contributed by atoms with van der Waals surface area (Å²) in [6.07, 6.45) is 1.48. The van der Waals surface area contributed by atoms with E-state index in [1.807, 2.05) is 38.1 Å². The Balaban J connectivity index is 2.21. The number of fused-ring (bicyclic) bond motifs is 1. The van der Waals surface area contributed by atoms with Gasteiger partial charge < -0.3 is 10.1 Å². The number of ketones is 1. The summed E-state index contributed by atoms with van der Waals surface area (Å²) in [5.41, 5.74) is 2.37. The molecule has 0 amide bonds. The molecule has 0 fully saturated rings. The van der Waals surface area contributed by atoms with Crippen molar-refractivity contribution in [3.05, 3.63) is 47.4 Å². The maximum atomic E-state index is 12.2.